The zero-order valence-electron chi connectivity index (χ0n) is 19.7. The zero-order valence-corrected chi connectivity index (χ0v) is 19.7. The van der Waals surface area contributed by atoms with Gasteiger partial charge in [-0.2, -0.15) is 5.10 Å². The Morgan fingerprint density at radius 3 is 2.12 bits per heavy atom. The number of nitrogens with two attached hydrogens (primary N) is 2. The lowest BCUT2D eigenvalue weighted by molar-refractivity contribution is -0.116. The number of carbonyl (C=O) groups excluding carboxylic acids is 1. The molecule has 0 aliphatic heterocycles. The summed E-state index contributed by atoms with van der Waals surface area (Å²) in [5.41, 5.74) is 2.78. The van der Waals surface area contributed by atoms with Crippen molar-refractivity contribution in [3.8, 4) is 0 Å². The van der Waals surface area contributed by atoms with Crippen LogP contribution in [0.15, 0.2) is 35.5 Å². The Kier molecular flexibility index (Phi) is 15.7. The number of halogens is 1. The van der Waals surface area contributed by atoms with Crippen LogP contribution in [0.5, 0.6) is 0 Å². The summed E-state index contributed by atoms with van der Waals surface area (Å²) in [6.45, 7) is 2.25. The smallest absolute Gasteiger partial charge is 0.224 e. The second-order valence-corrected chi connectivity index (χ2v) is 8.20. The van der Waals surface area contributed by atoms with Crippen LogP contribution in [0.3, 0.4) is 0 Å². The van der Waals surface area contributed by atoms with E-state index in [-0.39, 0.29) is 17.3 Å². The van der Waals surface area contributed by atoms with Crippen LogP contribution in [0.4, 0.5) is 10.1 Å². The fourth-order valence-electron chi connectivity index (χ4n) is 3.55. The molecule has 0 heterocycles. The van der Waals surface area contributed by atoms with Gasteiger partial charge in [-0.1, -0.05) is 70.4 Å². The van der Waals surface area contributed by atoms with Gasteiger partial charge in [-0.05, 0) is 50.3 Å². The Morgan fingerprint density at radius 2 is 1.56 bits per heavy atom. The second-order valence-electron chi connectivity index (χ2n) is 8.20. The van der Waals surface area contributed by atoms with Gasteiger partial charge in [0.15, 0.2) is 5.84 Å². The third-order valence-electron chi connectivity index (χ3n) is 5.44. The minimum atomic E-state index is -0.564. The first kappa shape index (κ1) is 27.6. The van der Waals surface area contributed by atoms with Gasteiger partial charge in [0.1, 0.15) is 5.82 Å². The van der Waals surface area contributed by atoms with E-state index in [1.807, 2.05) is 0 Å². The maximum Gasteiger partial charge on any atom is 0.224 e. The van der Waals surface area contributed by atoms with Crippen molar-refractivity contribution in [3.63, 3.8) is 0 Å². The van der Waals surface area contributed by atoms with Crippen molar-refractivity contribution in [1.82, 2.24) is 5.43 Å². The SMILES string of the molecule is CCCCCCCC/C=C\CCCCCCCC(=O)Nc1ccc(/C(=N/N)NN)c(F)c1. The molecule has 0 spiro atoms. The van der Waals surface area contributed by atoms with Crippen LogP contribution in [-0.2, 0) is 4.79 Å². The quantitative estimate of drug-likeness (QED) is 0.0597. The Bertz CT molecular complexity index is 706. The minimum absolute atomic E-state index is 0.0358. The van der Waals surface area contributed by atoms with Crippen molar-refractivity contribution in [2.75, 3.05) is 5.32 Å². The first-order chi connectivity index (χ1) is 15.6. The Hall–Kier alpha value is -2.41. The van der Waals surface area contributed by atoms with Gasteiger partial charge in [0.2, 0.25) is 5.91 Å². The molecule has 0 saturated carbocycles. The molecule has 0 atom stereocenters. The molecule has 0 unspecified atom stereocenters. The number of nitrogens with zero attached hydrogens (tertiary/aromatic N) is 1. The molecule has 0 saturated heterocycles. The normalized spacial score (nSPS) is 11.8. The standard InChI is InChI=1S/C25H42FN5O/c1-2-3-4-5-6-7-8-9-10-11-12-13-14-15-16-17-24(32)29-21-18-19-22(23(26)20-21)25(30-27)31-28/h9-10,18-20H,2-8,11-17,27-28H2,1H3,(H,29,32)(H,30,31)/b10-9-. The number of amides is 1. The third kappa shape index (κ3) is 12.4. The highest BCUT2D eigenvalue weighted by Crippen LogP contribution is 2.16. The number of hydrazine groups is 1. The van der Waals surface area contributed by atoms with Crippen molar-refractivity contribution in [3.05, 3.63) is 41.7 Å². The van der Waals surface area contributed by atoms with Crippen LogP contribution in [0.2, 0.25) is 0 Å². The minimum Gasteiger partial charge on any atom is -0.326 e. The van der Waals surface area contributed by atoms with E-state index in [0.29, 0.717) is 12.1 Å². The first-order valence-corrected chi connectivity index (χ1v) is 12.1. The van der Waals surface area contributed by atoms with E-state index in [4.69, 9.17) is 11.7 Å². The van der Waals surface area contributed by atoms with Crippen LogP contribution in [0, 0.1) is 5.82 Å². The summed E-state index contributed by atoms with van der Waals surface area (Å²) in [5, 5.41) is 6.11. The highest BCUT2D eigenvalue weighted by molar-refractivity contribution is 5.99. The molecule has 0 aromatic heterocycles. The third-order valence-corrected chi connectivity index (χ3v) is 5.44. The van der Waals surface area contributed by atoms with E-state index in [1.165, 1.54) is 69.9 Å². The monoisotopic (exact) mass is 447 g/mol. The largest absolute Gasteiger partial charge is 0.326 e. The van der Waals surface area contributed by atoms with Crippen LogP contribution < -0.4 is 22.4 Å². The molecule has 0 aliphatic rings. The number of benzene rings is 1. The molecule has 0 radical (unpaired) electrons. The van der Waals surface area contributed by atoms with E-state index in [2.05, 4.69) is 34.9 Å². The van der Waals surface area contributed by atoms with Crippen LogP contribution in [-0.4, -0.2) is 11.7 Å². The lowest BCUT2D eigenvalue weighted by Crippen LogP contribution is -2.32. The molecule has 1 amide bonds. The van der Waals surface area contributed by atoms with Gasteiger partial charge in [0.05, 0.1) is 5.56 Å². The number of allylic oxidation sites excluding steroid dienone is 2. The number of rotatable bonds is 17. The summed E-state index contributed by atoms with van der Waals surface area (Å²) in [6, 6.07) is 4.30. The molecule has 6 nitrogen and oxygen atoms in total. The Morgan fingerprint density at radius 1 is 0.969 bits per heavy atom. The van der Waals surface area contributed by atoms with E-state index in [0.717, 1.165) is 25.7 Å². The number of hydrogen-bond donors (Lipinski definition) is 4. The van der Waals surface area contributed by atoms with E-state index >= 15 is 0 Å². The average molecular weight is 448 g/mol. The van der Waals surface area contributed by atoms with Crippen molar-refractivity contribution in [2.45, 2.75) is 96.8 Å². The number of hydrogen-bond acceptors (Lipinski definition) is 4. The Balaban J connectivity index is 2.06. The van der Waals surface area contributed by atoms with Gasteiger partial charge in [-0.3, -0.25) is 4.79 Å². The number of anilines is 1. The number of nitrogens with one attached hydrogen (secondary N) is 2. The fourth-order valence-corrected chi connectivity index (χ4v) is 3.55. The molecule has 1 aromatic rings. The summed E-state index contributed by atoms with van der Waals surface area (Å²) < 4.78 is 14.1. The van der Waals surface area contributed by atoms with Crippen LogP contribution in [0.1, 0.15) is 102 Å². The Labute approximate surface area is 193 Å². The summed E-state index contributed by atoms with van der Waals surface area (Å²) in [5.74, 6) is 9.77. The molecule has 180 valence electrons. The van der Waals surface area contributed by atoms with E-state index in [9.17, 15) is 9.18 Å². The fraction of sp³-hybridized carbons (Fsp3) is 0.600. The van der Waals surface area contributed by atoms with Gasteiger partial charge < -0.3 is 16.6 Å². The highest BCUT2D eigenvalue weighted by atomic mass is 19.1. The van der Waals surface area contributed by atoms with E-state index in [1.54, 1.807) is 6.07 Å². The molecule has 32 heavy (non-hydrogen) atoms. The molecule has 0 aliphatic carbocycles. The number of hydrazone groups is 1. The summed E-state index contributed by atoms with van der Waals surface area (Å²) >= 11 is 0. The van der Waals surface area contributed by atoms with Crippen LogP contribution >= 0.6 is 0 Å². The highest BCUT2D eigenvalue weighted by Gasteiger charge is 2.10. The van der Waals surface area contributed by atoms with Crippen molar-refractivity contribution in [1.29, 1.82) is 0 Å². The number of unbranched alkanes of at least 4 members (excludes halogenated alkanes) is 11. The van der Waals surface area contributed by atoms with Crippen molar-refractivity contribution < 1.29 is 9.18 Å². The first-order valence-electron chi connectivity index (χ1n) is 12.1. The molecule has 1 rings (SSSR count). The summed E-state index contributed by atoms with van der Waals surface area (Å²) in [6.07, 6.45) is 20.9. The van der Waals surface area contributed by atoms with Crippen molar-refractivity contribution >= 4 is 17.4 Å². The maximum atomic E-state index is 14.1. The summed E-state index contributed by atoms with van der Waals surface area (Å²) in [4.78, 5) is 12.1. The van der Waals surface area contributed by atoms with Gasteiger partial charge in [0, 0.05) is 12.1 Å². The molecular weight excluding hydrogens is 405 g/mol. The lowest BCUT2D eigenvalue weighted by Gasteiger charge is -2.09. The molecule has 0 bridgehead atoms. The number of amidine groups is 1. The molecule has 7 heteroatoms. The average Bonchev–Trinajstić information content (AvgIpc) is 2.78. The van der Waals surface area contributed by atoms with Crippen LogP contribution in [0.25, 0.3) is 0 Å². The number of carbonyl (C=O) groups is 1. The maximum absolute atomic E-state index is 14.1. The van der Waals surface area contributed by atoms with Gasteiger partial charge in [-0.25, -0.2) is 10.2 Å². The second kappa shape index (κ2) is 18.2. The summed E-state index contributed by atoms with van der Waals surface area (Å²) in [7, 11) is 0. The molecule has 1 aromatic carbocycles. The van der Waals surface area contributed by atoms with Gasteiger partial charge in [0.25, 0.3) is 0 Å². The molecule has 0 fully saturated rings. The van der Waals surface area contributed by atoms with E-state index < -0.39 is 5.82 Å². The molecular formula is C25H42FN5O. The zero-order chi connectivity index (χ0) is 23.4. The molecule has 6 N–H and O–H groups in total. The predicted octanol–water partition coefficient (Wildman–Crippen LogP) is 5.89. The van der Waals surface area contributed by atoms with Gasteiger partial charge in [-0.15, -0.1) is 0 Å². The predicted molar refractivity (Wildman–Crippen MR) is 133 cm³/mol. The lowest BCUT2D eigenvalue weighted by atomic mass is 10.1. The van der Waals surface area contributed by atoms with Crippen molar-refractivity contribution in [2.24, 2.45) is 16.8 Å². The van der Waals surface area contributed by atoms with Gasteiger partial charge >= 0.3 is 0 Å². The topological polar surface area (TPSA) is 106 Å².